The number of aliphatic imine (C=N–C) groups is 1. The molecule has 0 aromatic heterocycles. The fourth-order valence-corrected chi connectivity index (χ4v) is 2.24. The highest BCUT2D eigenvalue weighted by atomic mass is 35.5. The maximum absolute atomic E-state index is 6.11. The first kappa shape index (κ1) is 16.2. The number of rotatable bonds is 5. The molecule has 2 aromatic rings. The van der Waals surface area contributed by atoms with Gasteiger partial charge in [0.05, 0.1) is 5.02 Å². The summed E-state index contributed by atoms with van der Waals surface area (Å²) in [4.78, 5) is 4.10. The Balaban J connectivity index is 2.04. The molecule has 0 aliphatic rings. The van der Waals surface area contributed by atoms with E-state index in [9.17, 15) is 0 Å². The minimum Gasteiger partial charge on any atom is -0.487 e. The largest absolute Gasteiger partial charge is 0.487 e. The van der Waals surface area contributed by atoms with Crippen LogP contribution in [-0.4, -0.2) is 20.1 Å². The van der Waals surface area contributed by atoms with Gasteiger partial charge in [-0.15, -0.1) is 0 Å². The highest BCUT2D eigenvalue weighted by Crippen LogP contribution is 2.24. The summed E-state index contributed by atoms with van der Waals surface area (Å²) >= 11 is 6.11. The van der Waals surface area contributed by atoms with E-state index < -0.39 is 0 Å². The molecule has 0 bridgehead atoms. The molecule has 0 radical (unpaired) electrons. The molecule has 0 fully saturated rings. The number of hydrogen-bond acceptors (Lipinski definition) is 2. The van der Waals surface area contributed by atoms with Gasteiger partial charge in [-0.2, -0.15) is 0 Å². The number of para-hydroxylation sites is 1. The summed E-state index contributed by atoms with van der Waals surface area (Å²) in [5.41, 5.74) is 2.27. The van der Waals surface area contributed by atoms with Gasteiger partial charge in [-0.25, -0.2) is 0 Å². The van der Waals surface area contributed by atoms with Crippen LogP contribution < -0.4 is 15.4 Å². The van der Waals surface area contributed by atoms with Crippen LogP contribution in [0.2, 0.25) is 5.02 Å². The molecule has 4 nitrogen and oxygen atoms in total. The van der Waals surface area contributed by atoms with Crippen LogP contribution in [0.15, 0.2) is 53.5 Å². The van der Waals surface area contributed by atoms with E-state index in [2.05, 4.69) is 27.8 Å². The quantitative estimate of drug-likeness (QED) is 0.657. The summed E-state index contributed by atoms with van der Waals surface area (Å²) < 4.78 is 5.82. The van der Waals surface area contributed by atoms with Crippen molar-refractivity contribution in [3.8, 4) is 5.75 Å². The van der Waals surface area contributed by atoms with Crippen molar-refractivity contribution in [2.75, 3.05) is 14.1 Å². The van der Waals surface area contributed by atoms with E-state index in [-0.39, 0.29) is 0 Å². The third-order valence-electron chi connectivity index (χ3n) is 3.24. The zero-order valence-corrected chi connectivity index (χ0v) is 13.5. The first-order chi connectivity index (χ1) is 10.7. The SMILES string of the molecule is CN=C(NC)NCc1ccccc1COc1ccccc1Cl. The van der Waals surface area contributed by atoms with Gasteiger partial charge >= 0.3 is 0 Å². The number of halogens is 1. The van der Waals surface area contributed by atoms with Crippen LogP contribution in [0.5, 0.6) is 5.75 Å². The summed E-state index contributed by atoms with van der Waals surface area (Å²) in [7, 11) is 3.58. The highest BCUT2D eigenvalue weighted by molar-refractivity contribution is 6.32. The number of hydrogen-bond donors (Lipinski definition) is 2. The molecule has 0 unspecified atom stereocenters. The lowest BCUT2D eigenvalue weighted by molar-refractivity contribution is 0.305. The van der Waals surface area contributed by atoms with Gasteiger partial charge < -0.3 is 15.4 Å². The predicted molar refractivity (Wildman–Crippen MR) is 91.5 cm³/mol. The molecule has 22 heavy (non-hydrogen) atoms. The standard InChI is InChI=1S/C17H20ClN3O/c1-19-17(20-2)21-11-13-7-3-4-8-14(13)12-22-16-10-6-5-9-15(16)18/h3-10H,11-12H2,1-2H3,(H2,19,20,21). The molecule has 0 aliphatic carbocycles. The maximum Gasteiger partial charge on any atom is 0.190 e. The minimum absolute atomic E-state index is 0.472. The van der Waals surface area contributed by atoms with Crippen molar-refractivity contribution >= 4 is 17.6 Å². The van der Waals surface area contributed by atoms with E-state index in [4.69, 9.17) is 16.3 Å². The van der Waals surface area contributed by atoms with Crippen molar-refractivity contribution in [1.29, 1.82) is 0 Å². The molecule has 0 saturated carbocycles. The van der Waals surface area contributed by atoms with Gasteiger partial charge in [0.25, 0.3) is 0 Å². The molecular formula is C17H20ClN3O. The Hall–Kier alpha value is -2.20. The smallest absolute Gasteiger partial charge is 0.190 e. The second-order valence-corrected chi connectivity index (χ2v) is 5.07. The Bertz CT molecular complexity index is 643. The number of nitrogens with zero attached hydrogens (tertiary/aromatic N) is 1. The van der Waals surface area contributed by atoms with Gasteiger partial charge in [-0.1, -0.05) is 48.0 Å². The van der Waals surface area contributed by atoms with E-state index in [1.807, 2.05) is 43.4 Å². The van der Waals surface area contributed by atoms with E-state index in [0.717, 1.165) is 17.1 Å². The van der Waals surface area contributed by atoms with E-state index >= 15 is 0 Å². The zero-order chi connectivity index (χ0) is 15.8. The van der Waals surface area contributed by atoms with Crippen molar-refractivity contribution < 1.29 is 4.74 Å². The van der Waals surface area contributed by atoms with E-state index in [1.54, 1.807) is 7.05 Å². The molecule has 0 saturated heterocycles. The molecule has 116 valence electrons. The molecule has 2 aromatic carbocycles. The van der Waals surface area contributed by atoms with Gasteiger partial charge in [0, 0.05) is 20.6 Å². The number of ether oxygens (including phenoxy) is 1. The van der Waals surface area contributed by atoms with Crippen LogP contribution in [0.3, 0.4) is 0 Å². The second-order valence-electron chi connectivity index (χ2n) is 4.66. The first-order valence-electron chi connectivity index (χ1n) is 7.07. The van der Waals surface area contributed by atoms with E-state index in [0.29, 0.717) is 23.9 Å². The van der Waals surface area contributed by atoms with Crippen molar-refractivity contribution in [3.63, 3.8) is 0 Å². The molecule has 5 heteroatoms. The lowest BCUT2D eigenvalue weighted by Crippen LogP contribution is -2.34. The number of nitrogens with one attached hydrogen (secondary N) is 2. The molecular weight excluding hydrogens is 298 g/mol. The summed E-state index contributed by atoms with van der Waals surface area (Å²) in [6.07, 6.45) is 0. The topological polar surface area (TPSA) is 45.7 Å². The minimum atomic E-state index is 0.472. The van der Waals surface area contributed by atoms with Crippen molar-refractivity contribution in [3.05, 3.63) is 64.7 Å². The lowest BCUT2D eigenvalue weighted by atomic mass is 10.1. The summed E-state index contributed by atoms with van der Waals surface area (Å²) in [5, 5.41) is 6.86. The Morgan fingerprint density at radius 3 is 2.45 bits per heavy atom. The fraction of sp³-hybridized carbons (Fsp3) is 0.235. The Morgan fingerprint density at radius 1 is 1.09 bits per heavy atom. The third-order valence-corrected chi connectivity index (χ3v) is 3.56. The average molecular weight is 318 g/mol. The second kappa shape index (κ2) is 8.29. The summed E-state index contributed by atoms with van der Waals surface area (Å²) in [6.45, 7) is 1.15. The van der Waals surface area contributed by atoms with Crippen LogP contribution in [0.25, 0.3) is 0 Å². The Labute approximate surface area is 136 Å². The van der Waals surface area contributed by atoms with Crippen LogP contribution in [0.4, 0.5) is 0 Å². The predicted octanol–water partition coefficient (Wildman–Crippen LogP) is 3.21. The molecule has 0 spiro atoms. The molecule has 0 atom stereocenters. The average Bonchev–Trinajstić information content (AvgIpc) is 2.56. The molecule has 0 heterocycles. The Kier molecular flexibility index (Phi) is 6.10. The molecule has 0 aliphatic heterocycles. The monoisotopic (exact) mass is 317 g/mol. The van der Waals surface area contributed by atoms with Gasteiger partial charge in [0.2, 0.25) is 0 Å². The van der Waals surface area contributed by atoms with Gasteiger partial charge in [-0.05, 0) is 23.3 Å². The fourth-order valence-electron chi connectivity index (χ4n) is 2.05. The van der Waals surface area contributed by atoms with Gasteiger partial charge in [-0.3, -0.25) is 4.99 Å². The van der Waals surface area contributed by atoms with Crippen LogP contribution >= 0.6 is 11.6 Å². The summed E-state index contributed by atoms with van der Waals surface area (Å²) in [5.74, 6) is 1.44. The van der Waals surface area contributed by atoms with Gasteiger partial charge in [0.15, 0.2) is 5.96 Å². The highest BCUT2D eigenvalue weighted by Gasteiger charge is 2.05. The summed E-state index contributed by atoms with van der Waals surface area (Å²) in [6, 6.07) is 15.6. The molecule has 2 rings (SSSR count). The van der Waals surface area contributed by atoms with Crippen molar-refractivity contribution in [2.45, 2.75) is 13.2 Å². The van der Waals surface area contributed by atoms with Crippen LogP contribution in [0.1, 0.15) is 11.1 Å². The van der Waals surface area contributed by atoms with E-state index in [1.165, 1.54) is 0 Å². The maximum atomic E-state index is 6.11. The first-order valence-corrected chi connectivity index (χ1v) is 7.45. The van der Waals surface area contributed by atoms with Crippen molar-refractivity contribution in [2.24, 2.45) is 4.99 Å². The molecule has 0 amide bonds. The van der Waals surface area contributed by atoms with Crippen molar-refractivity contribution in [1.82, 2.24) is 10.6 Å². The van der Waals surface area contributed by atoms with Crippen LogP contribution in [0, 0.1) is 0 Å². The van der Waals surface area contributed by atoms with Gasteiger partial charge in [0.1, 0.15) is 12.4 Å². The number of guanidine groups is 1. The Morgan fingerprint density at radius 2 is 1.77 bits per heavy atom. The third kappa shape index (κ3) is 4.40. The lowest BCUT2D eigenvalue weighted by Gasteiger charge is -2.14. The number of benzene rings is 2. The molecule has 2 N–H and O–H groups in total. The van der Waals surface area contributed by atoms with Crippen LogP contribution in [-0.2, 0) is 13.2 Å². The zero-order valence-electron chi connectivity index (χ0n) is 12.8. The normalized spacial score (nSPS) is 11.1.